The van der Waals surface area contributed by atoms with E-state index in [1.807, 2.05) is 17.0 Å². The predicted octanol–water partition coefficient (Wildman–Crippen LogP) is 2.20. The van der Waals surface area contributed by atoms with Crippen molar-refractivity contribution in [2.75, 3.05) is 19.6 Å². The highest BCUT2D eigenvalue weighted by atomic mass is 16.3. The molecular weight excluding hydrogens is 252 g/mol. The van der Waals surface area contributed by atoms with Gasteiger partial charge in [0, 0.05) is 32.0 Å². The summed E-state index contributed by atoms with van der Waals surface area (Å²) in [5.41, 5.74) is 0. The van der Waals surface area contributed by atoms with Gasteiger partial charge in [0.1, 0.15) is 5.76 Å². The molecule has 0 aromatic carbocycles. The Balaban J connectivity index is 1.35. The van der Waals surface area contributed by atoms with Crippen molar-refractivity contribution in [3.05, 3.63) is 24.2 Å². The van der Waals surface area contributed by atoms with Crippen LogP contribution in [0.25, 0.3) is 0 Å². The zero-order chi connectivity index (χ0) is 13.8. The van der Waals surface area contributed by atoms with Crippen LogP contribution in [0.5, 0.6) is 0 Å². The molecule has 1 aromatic heterocycles. The molecule has 4 heteroatoms. The van der Waals surface area contributed by atoms with Gasteiger partial charge in [0.15, 0.2) is 0 Å². The van der Waals surface area contributed by atoms with Gasteiger partial charge >= 0.3 is 0 Å². The van der Waals surface area contributed by atoms with Gasteiger partial charge in [-0.25, -0.2) is 0 Å². The molecule has 1 saturated heterocycles. The average Bonchev–Trinajstić information content (AvgIpc) is 3.17. The maximum absolute atomic E-state index is 12.1. The number of hydrogen-bond acceptors (Lipinski definition) is 3. The maximum Gasteiger partial charge on any atom is 0.223 e. The highest BCUT2D eigenvalue weighted by molar-refractivity contribution is 5.76. The molecule has 20 heavy (non-hydrogen) atoms. The second kappa shape index (κ2) is 6.44. The van der Waals surface area contributed by atoms with Crippen molar-refractivity contribution < 1.29 is 9.21 Å². The lowest BCUT2D eigenvalue weighted by molar-refractivity contribution is -0.132. The molecule has 2 heterocycles. The first-order chi connectivity index (χ1) is 9.81. The van der Waals surface area contributed by atoms with Gasteiger partial charge in [-0.1, -0.05) is 0 Å². The minimum atomic E-state index is 0.266. The number of likely N-dealkylation sites (tertiary alicyclic amines) is 1. The van der Waals surface area contributed by atoms with Crippen molar-refractivity contribution in [1.82, 2.24) is 10.2 Å². The van der Waals surface area contributed by atoms with Crippen LogP contribution < -0.4 is 5.32 Å². The molecule has 2 fully saturated rings. The van der Waals surface area contributed by atoms with Crippen LogP contribution in [0.4, 0.5) is 0 Å². The van der Waals surface area contributed by atoms with Crippen molar-refractivity contribution >= 4 is 5.91 Å². The predicted molar refractivity (Wildman–Crippen MR) is 77.4 cm³/mol. The Bertz CT molecular complexity index is 418. The first-order valence-corrected chi connectivity index (χ1v) is 7.85. The SMILES string of the molecule is O=C(CCc1ccco1)N1CCC(NCC2CC2)CC1. The number of carbonyl (C=O) groups excluding carboxylic acids is 1. The Kier molecular flexibility index (Phi) is 4.41. The highest BCUT2D eigenvalue weighted by Crippen LogP contribution is 2.28. The number of aryl methyl sites for hydroxylation is 1. The van der Waals surface area contributed by atoms with E-state index < -0.39 is 0 Å². The van der Waals surface area contributed by atoms with Gasteiger partial charge in [0.05, 0.1) is 6.26 Å². The van der Waals surface area contributed by atoms with Crippen LogP contribution in [0.3, 0.4) is 0 Å². The maximum atomic E-state index is 12.1. The van der Waals surface area contributed by atoms with Gasteiger partial charge in [-0.3, -0.25) is 4.79 Å². The summed E-state index contributed by atoms with van der Waals surface area (Å²) in [6, 6.07) is 4.42. The van der Waals surface area contributed by atoms with Gasteiger partial charge < -0.3 is 14.6 Å². The number of nitrogens with one attached hydrogen (secondary N) is 1. The smallest absolute Gasteiger partial charge is 0.223 e. The van der Waals surface area contributed by atoms with Crippen molar-refractivity contribution in [3.8, 4) is 0 Å². The van der Waals surface area contributed by atoms with E-state index in [-0.39, 0.29) is 5.91 Å². The summed E-state index contributed by atoms with van der Waals surface area (Å²) >= 11 is 0. The lowest BCUT2D eigenvalue weighted by Gasteiger charge is -2.32. The summed E-state index contributed by atoms with van der Waals surface area (Å²) in [5.74, 6) is 2.10. The van der Waals surface area contributed by atoms with Crippen LogP contribution in [0.2, 0.25) is 0 Å². The zero-order valence-electron chi connectivity index (χ0n) is 12.0. The lowest BCUT2D eigenvalue weighted by atomic mass is 10.0. The molecule has 0 spiro atoms. The van der Waals surface area contributed by atoms with Gasteiger partial charge in [0.2, 0.25) is 5.91 Å². The van der Waals surface area contributed by atoms with E-state index in [0.29, 0.717) is 18.9 Å². The Morgan fingerprint density at radius 3 is 2.75 bits per heavy atom. The molecule has 3 rings (SSSR count). The zero-order valence-corrected chi connectivity index (χ0v) is 12.0. The topological polar surface area (TPSA) is 45.5 Å². The average molecular weight is 276 g/mol. The fourth-order valence-electron chi connectivity index (χ4n) is 2.83. The second-order valence-electron chi connectivity index (χ2n) is 6.09. The summed E-state index contributed by atoms with van der Waals surface area (Å²) in [6.07, 6.45) is 7.93. The Hall–Kier alpha value is -1.29. The van der Waals surface area contributed by atoms with E-state index in [9.17, 15) is 4.79 Å². The molecule has 1 saturated carbocycles. The van der Waals surface area contributed by atoms with E-state index in [4.69, 9.17) is 4.42 Å². The molecule has 2 aliphatic rings. The summed E-state index contributed by atoms with van der Waals surface area (Å²) in [7, 11) is 0. The first kappa shape index (κ1) is 13.7. The van der Waals surface area contributed by atoms with E-state index in [1.54, 1.807) is 6.26 Å². The monoisotopic (exact) mass is 276 g/mol. The molecule has 0 unspecified atom stereocenters. The highest BCUT2D eigenvalue weighted by Gasteiger charge is 2.25. The normalized spacial score (nSPS) is 20.3. The van der Waals surface area contributed by atoms with Crippen molar-refractivity contribution in [2.24, 2.45) is 5.92 Å². The van der Waals surface area contributed by atoms with Crippen molar-refractivity contribution in [1.29, 1.82) is 0 Å². The molecular formula is C16H24N2O2. The third kappa shape index (κ3) is 3.85. The van der Waals surface area contributed by atoms with Gasteiger partial charge in [-0.2, -0.15) is 0 Å². The number of hydrogen-bond donors (Lipinski definition) is 1. The number of amides is 1. The second-order valence-corrected chi connectivity index (χ2v) is 6.09. The van der Waals surface area contributed by atoms with Crippen LogP contribution in [-0.4, -0.2) is 36.5 Å². The molecule has 1 N–H and O–H groups in total. The Morgan fingerprint density at radius 1 is 1.30 bits per heavy atom. The fourth-order valence-corrected chi connectivity index (χ4v) is 2.83. The number of rotatable bonds is 6. The van der Waals surface area contributed by atoms with Crippen LogP contribution in [0.1, 0.15) is 37.9 Å². The number of nitrogens with zero attached hydrogens (tertiary/aromatic N) is 1. The number of carbonyl (C=O) groups is 1. The quantitative estimate of drug-likeness (QED) is 0.866. The molecule has 1 aromatic rings. The molecule has 0 radical (unpaired) electrons. The molecule has 1 aliphatic heterocycles. The summed E-state index contributed by atoms with van der Waals surface area (Å²) < 4.78 is 5.27. The minimum Gasteiger partial charge on any atom is -0.469 e. The third-order valence-corrected chi connectivity index (χ3v) is 4.41. The van der Waals surface area contributed by atoms with Crippen LogP contribution in [0.15, 0.2) is 22.8 Å². The summed E-state index contributed by atoms with van der Waals surface area (Å²) in [4.78, 5) is 14.2. The van der Waals surface area contributed by atoms with Crippen LogP contribution in [0, 0.1) is 5.92 Å². The number of furan rings is 1. The van der Waals surface area contributed by atoms with E-state index in [2.05, 4.69) is 5.32 Å². The number of piperidine rings is 1. The Morgan fingerprint density at radius 2 is 2.10 bits per heavy atom. The lowest BCUT2D eigenvalue weighted by Crippen LogP contribution is -2.45. The third-order valence-electron chi connectivity index (χ3n) is 4.41. The minimum absolute atomic E-state index is 0.266. The standard InChI is InChI=1S/C16H24N2O2/c19-16(6-5-15-2-1-11-20-15)18-9-7-14(8-10-18)17-12-13-3-4-13/h1-2,11,13-14,17H,3-10,12H2. The fraction of sp³-hybridized carbons (Fsp3) is 0.688. The van der Waals surface area contributed by atoms with E-state index in [1.165, 1.54) is 19.4 Å². The Labute approximate surface area is 120 Å². The van der Waals surface area contributed by atoms with E-state index >= 15 is 0 Å². The summed E-state index contributed by atoms with van der Waals surface area (Å²) in [5, 5.41) is 3.64. The molecule has 1 aliphatic carbocycles. The molecule has 0 atom stereocenters. The first-order valence-electron chi connectivity index (χ1n) is 7.85. The van der Waals surface area contributed by atoms with Crippen LogP contribution >= 0.6 is 0 Å². The van der Waals surface area contributed by atoms with Crippen LogP contribution in [-0.2, 0) is 11.2 Å². The largest absolute Gasteiger partial charge is 0.469 e. The molecule has 110 valence electrons. The van der Waals surface area contributed by atoms with Gasteiger partial charge in [0.25, 0.3) is 0 Å². The van der Waals surface area contributed by atoms with Crippen molar-refractivity contribution in [3.63, 3.8) is 0 Å². The van der Waals surface area contributed by atoms with Gasteiger partial charge in [-0.15, -0.1) is 0 Å². The summed E-state index contributed by atoms with van der Waals surface area (Å²) in [6.45, 7) is 2.98. The molecule has 4 nitrogen and oxygen atoms in total. The van der Waals surface area contributed by atoms with Gasteiger partial charge in [-0.05, 0) is 50.3 Å². The molecule has 1 amide bonds. The van der Waals surface area contributed by atoms with E-state index in [0.717, 1.165) is 37.6 Å². The van der Waals surface area contributed by atoms with Crippen molar-refractivity contribution in [2.45, 2.75) is 44.6 Å². The molecule has 0 bridgehead atoms.